The Morgan fingerprint density at radius 1 is 0.727 bits per heavy atom. The highest BCUT2D eigenvalue weighted by Gasteiger charge is 2.16. The summed E-state index contributed by atoms with van der Waals surface area (Å²) in [4.78, 5) is 8.61. The molecule has 0 fully saturated rings. The van der Waals surface area contributed by atoms with Gasteiger partial charge in [0.15, 0.2) is 0 Å². The molecule has 2 atom stereocenters. The summed E-state index contributed by atoms with van der Waals surface area (Å²) >= 11 is 0. The molecule has 0 amide bonds. The topological polar surface area (TPSA) is 54.5 Å². The van der Waals surface area contributed by atoms with Crippen molar-refractivity contribution in [1.29, 1.82) is 0 Å². The maximum absolute atomic E-state index is 4.33. The van der Waals surface area contributed by atoms with Crippen molar-refractivity contribution in [2.24, 2.45) is 10.8 Å². The number of aromatic nitrogens is 4. The van der Waals surface area contributed by atoms with Gasteiger partial charge in [-0.05, 0) is 31.1 Å². The molecule has 0 saturated carbocycles. The molecule has 2 aliphatic rings. The van der Waals surface area contributed by atoms with Gasteiger partial charge in [-0.25, -0.2) is 0 Å². The molecule has 0 saturated heterocycles. The quantitative estimate of drug-likeness (QED) is 0.696. The molecule has 33 heavy (non-hydrogen) atoms. The van der Waals surface area contributed by atoms with Crippen LogP contribution in [0.2, 0.25) is 0 Å². The van der Waals surface area contributed by atoms with Gasteiger partial charge in [0.1, 0.15) is 0 Å². The van der Waals surface area contributed by atoms with Crippen LogP contribution in [0.1, 0.15) is 82.1 Å². The molecule has 2 aliphatic carbocycles. The molecule has 4 nitrogen and oxygen atoms in total. The van der Waals surface area contributed by atoms with Gasteiger partial charge in [0.2, 0.25) is 0 Å². The van der Waals surface area contributed by atoms with Crippen molar-refractivity contribution < 1.29 is 0 Å². The predicted octanol–water partition coefficient (Wildman–Crippen LogP) is 5.06. The lowest BCUT2D eigenvalue weighted by Gasteiger charge is -2.17. The Kier molecular flexibility index (Phi) is 14.6. The van der Waals surface area contributed by atoms with Crippen LogP contribution in [0.15, 0.2) is 42.9 Å². The molecule has 1 N–H and O–H groups in total. The van der Waals surface area contributed by atoms with Crippen LogP contribution in [0.4, 0.5) is 0 Å². The molecule has 0 aromatic carbocycles. The number of allylic oxidation sites excluding steroid dienone is 4. The van der Waals surface area contributed by atoms with Gasteiger partial charge < -0.3 is 0 Å². The molecule has 182 valence electrons. The summed E-state index contributed by atoms with van der Waals surface area (Å²) in [5.41, 5.74) is 0.281. The third kappa shape index (κ3) is 9.33. The van der Waals surface area contributed by atoms with Gasteiger partial charge in [-0.2, -0.15) is 5.10 Å². The summed E-state index contributed by atoms with van der Waals surface area (Å²) < 4.78 is 0. The van der Waals surface area contributed by atoms with Gasteiger partial charge in [0.05, 0.1) is 22.2 Å². The third-order valence-corrected chi connectivity index (χ3v) is 5.40. The molecule has 2 aromatic heterocycles. The molecule has 4 heteroatoms. The Bertz CT molecular complexity index is 1090. The standard InChI is InChI=1S/C12H14N2.C11H14N2.3C2H6/c1-3-12(2)6-4-5-10-11(9-12)14-8-7-13-10;1-3-11(2)6-4-5-10-9(7-11)8-12-13-10;3*1-2/h4-9H,3H2,1-2H3;4-8,13H,3H2,1-2H3;3*1-2H3. The number of aromatic amines is 1. The first-order valence-electron chi connectivity index (χ1n) is 12.6. The van der Waals surface area contributed by atoms with E-state index < -0.39 is 0 Å². The lowest BCUT2D eigenvalue weighted by Crippen LogP contribution is -2.31. The molecule has 4 rings (SSSR count). The molecular weight excluding hydrogens is 404 g/mol. The zero-order valence-electron chi connectivity index (χ0n) is 22.6. The summed E-state index contributed by atoms with van der Waals surface area (Å²) in [7, 11) is 0. The van der Waals surface area contributed by atoms with Gasteiger partial charge in [-0.1, -0.05) is 99.6 Å². The smallest absolute Gasteiger partial charge is 0.0883 e. The van der Waals surface area contributed by atoms with Crippen LogP contribution < -0.4 is 21.3 Å². The minimum absolute atomic E-state index is 0.109. The van der Waals surface area contributed by atoms with E-state index in [1.54, 1.807) is 12.4 Å². The maximum Gasteiger partial charge on any atom is 0.0883 e. The zero-order chi connectivity index (χ0) is 25.3. The fourth-order valence-corrected chi connectivity index (χ4v) is 3.08. The highest BCUT2D eigenvalue weighted by molar-refractivity contribution is 5.47. The number of rotatable bonds is 2. The van der Waals surface area contributed by atoms with Gasteiger partial charge in [0.25, 0.3) is 0 Å². The first-order chi connectivity index (χ1) is 16.0. The van der Waals surface area contributed by atoms with E-state index in [1.807, 2.05) is 53.8 Å². The fraction of sp³-hybridized carbons (Fsp3) is 0.483. The first kappa shape index (κ1) is 30.2. The Morgan fingerprint density at radius 3 is 1.82 bits per heavy atom. The van der Waals surface area contributed by atoms with E-state index in [0.29, 0.717) is 0 Å². The number of nitrogens with one attached hydrogen (secondary N) is 1. The average molecular weight is 451 g/mol. The third-order valence-electron chi connectivity index (χ3n) is 5.40. The van der Waals surface area contributed by atoms with E-state index in [0.717, 1.165) is 28.9 Å². The minimum atomic E-state index is 0.109. The minimum Gasteiger partial charge on any atom is -0.278 e. The second kappa shape index (κ2) is 16.0. The molecule has 0 radical (unpaired) electrons. The van der Waals surface area contributed by atoms with Crippen LogP contribution in [-0.2, 0) is 0 Å². The second-order valence-corrected chi connectivity index (χ2v) is 7.62. The van der Waals surface area contributed by atoms with Crippen LogP contribution in [-0.4, -0.2) is 20.2 Å². The van der Waals surface area contributed by atoms with E-state index in [-0.39, 0.29) is 10.8 Å². The fourth-order valence-electron chi connectivity index (χ4n) is 3.08. The van der Waals surface area contributed by atoms with E-state index in [1.165, 1.54) is 5.22 Å². The number of H-pyrrole nitrogens is 1. The average Bonchev–Trinajstić information content (AvgIpc) is 3.13. The summed E-state index contributed by atoms with van der Waals surface area (Å²) in [6, 6.07) is 0. The predicted molar refractivity (Wildman–Crippen MR) is 146 cm³/mol. The number of fused-ring (bicyclic) bond motifs is 2. The van der Waals surface area contributed by atoms with Crippen LogP contribution >= 0.6 is 0 Å². The van der Waals surface area contributed by atoms with Crippen molar-refractivity contribution in [2.45, 2.75) is 82.1 Å². The monoisotopic (exact) mass is 450 g/mol. The molecule has 2 heterocycles. The molecule has 0 bridgehead atoms. The van der Waals surface area contributed by atoms with Crippen molar-refractivity contribution >= 4 is 24.3 Å². The summed E-state index contributed by atoms with van der Waals surface area (Å²) in [6.45, 7) is 20.8. The Hall–Kier alpha value is -2.75. The van der Waals surface area contributed by atoms with Gasteiger partial charge in [0, 0.05) is 28.4 Å². The maximum atomic E-state index is 4.33. The van der Waals surface area contributed by atoms with Crippen LogP contribution in [0.5, 0.6) is 0 Å². The first-order valence-corrected chi connectivity index (χ1v) is 12.6. The van der Waals surface area contributed by atoms with Crippen molar-refractivity contribution in [3.8, 4) is 0 Å². The molecule has 0 spiro atoms. The lowest BCUT2D eigenvalue weighted by atomic mass is 9.87. The summed E-state index contributed by atoms with van der Waals surface area (Å²) in [5.74, 6) is 0. The molecule has 2 aromatic rings. The van der Waals surface area contributed by atoms with Crippen LogP contribution in [0, 0.1) is 10.8 Å². The van der Waals surface area contributed by atoms with E-state index in [9.17, 15) is 0 Å². The second-order valence-electron chi connectivity index (χ2n) is 7.62. The zero-order valence-corrected chi connectivity index (χ0v) is 22.6. The van der Waals surface area contributed by atoms with Gasteiger partial charge in [-0.3, -0.25) is 15.1 Å². The molecule has 2 unspecified atom stereocenters. The van der Waals surface area contributed by atoms with Crippen molar-refractivity contribution in [2.75, 3.05) is 0 Å². The Labute approximate surface area is 201 Å². The lowest BCUT2D eigenvalue weighted by molar-refractivity contribution is 0.565. The van der Waals surface area contributed by atoms with Gasteiger partial charge >= 0.3 is 0 Å². The van der Waals surface area contributed by atoms with Crippen molar-refractivity contribution in [1.82, 2.24) is 20.2 Å². The largest absolute Gasteiger partial charge is 0.278 e. The van der Waals surface area contributed by atoms with E-state index >= 15 is 0 Å². The Morgan fingerprint density at radius 2 is 1.24 bits per heavy atom. The number of hydrogen-bond donors (Lipinski definition) is 1. The van der Waals surface area contributed by atoms with E-state index in [2.05, 4.69) is 90.4 Å². The molecule has 0 aliphatic heterocycles. The normalized spacial score (nSPS) is 21.0. The highest BCUT2D eigenvalue weighted by Crippen LogP contribution is 2.25. The van der Waals surface area contributed by atoms with Crippen LogP contribution in [0.3, 0.4) is 0 Å². The molecular formula is C29H46N4. The number of hydrogen-bond acceptors (Lipinski definition) is 3. The summed E-state index contributed by atoms with van der Waals surface area (Å²) in [6.07, 6.45) is 24.7. The van der Waals surface area contributed by atoms with Crippen molar-refractivity contribution in [3.63, 3.8) is 0 Å². The SMILES string of the molecule is CC.CC.CC.CCC1(C)C=CC=c2[nH]ncc2=C1.CCC1(C)C=CC=c2nccnc2=C1. The number of nitrogens with zero attached hydrogens (tertiary/aromatic N) is 3. The van der Waals surface area contributed by atoms with Gasteiger partial charge in [-0.15, -0.1) is 0 Å². The Balaban J connectivity index is 0.000000508. The van der Waals surface area contributed by atoms with Crippen molar-refractivity contribution in [3.05, 3.63) is 64.2 Å². The summed E-state index contributed by atoms with van der Waals surface area (Å²) in [5, 5.41) is 11.3. The van der Waals surface area contributed by atoms with E-state index in [4.69, 9.17) is 0 Å². The highest BCUT2D eigenvalue weighted by atomic mass is 15.1. The van der Waals surface area contributed by atoms with Crippen LogP contribution in [0.25, 0.3) is 24.3 Å².